The number of fused-ring (bicyclic) bond motifs is 1. The number of ether oxygens (including phenoxy) is 2. The molecule has 0 heterocycles. The maximum Gasteiger partial charge on any atom is 0.338 e. The van der Waals surface area contributed by atoms with E-state index in [-0.39, 0.29) is 34.3 Å². The van der Waals surface area contributed by atoms with E-state index in [1.807, 2.05) is 13.8 Å². The molecule has 1 aromatic carbocycles. The van der Waals surface area contributed by atoms with Gasteiger partial charge < -0.3 is 24.8 Å². The summed E-state index contributed by atoms with van der Waals surface area (Å²) in [7, 11) is 1.41. The van der Waals surface area contributed by atoms with Gasteiger partial charge in [-0.05, 0) is 54.4 Å². The van der Waals surface area contributed by atoms with Crippen molar-refractivity contribution in [1.29, 1.82) is 0 Å². The smallest absolute Gasteiger partial charge is 0.338 e. The van der Waals surface area contributed by atoms with Crippen LogP contribution >= 0.6 is 0 Å². The summed E-state index contributed by atoms with van der Waals surface area (Å²) in [5.74, 6) is -0.769. The van der Waals surface area contributed by atoms with Crippen molar-refractivity contribution in [2.24, 2.45) is 17.3 Å². The van der Waals surface area contributed by atoms with Crippen LogP contribution in [0.3, 0.4) is 0 Å². The SMILES string of the molecule is C=C1C[C@H](OC(=O)c2ccc(O)c(OC)c2)[C@@H]2[C@](C)(CC[C@@]2(O)C(C)C)C[C@@H]1O. The third-order valence-corrected chi connectivity index (χ3v) is 7.03. The number of rotatable bonds is 4. The van der Waals surface area contributed by atoms with E-state index in [1.54, 1.807) is 0 Å². The van der Waals surface area contributed by atoms with Gasteiger partial charge in [0.1, 0.15) is 6.10 Å². The molecule has 29 heavy (non-hydrogen) atoms. The fourth-order valence-electron chi connectivity index (χ4n) is 5.27. The Morgan fingerprint density at radius 1 is 1.31 bits per heavy atom. The van der Waals surface area contributed by atoms with Crippen LogP contribution < -0.4 is 4.74 Å². The van der Waals surface area contributed by atoms with Crippen LogP contribution in [0, 0.1) is 17.3 Å². The predicted octanol–water partition coefficient (Wildman–Crippen LogP) is 3.44. The second-order valence-electron chi connectivity index (χ2n) is 9.19. The van der Waals surface area contributed by atoms with Crippen molar-refractivity contribution in [1.82, 2.24) is 0 Å². The van der Waals surface area contributed by atoms with Gasteiger partial charge in [-0.2, -0.15) is 0 Å². The lowest BCUT2D eigenvalue weighted by molar-refractivity contribution is -0.113. The first kappa shape index (κ1) is 21.7. The Kier molecular flexibility index (Phi) is 5.71. The minimum Gasteiger partial charge on any atom is -0.504 e. The normalized spacial score (nSPS) is 34.6. The van der Waals surface area contributed by atoms with E-state index < -0.39 is 23.8 Å². The van der Waals surface area contributed by atoms with Crippen LogP contribution in [0.1, 0.15) is 56.8 Å². The van der Waals surface area contributed by atoms with Gasteiger partial charge in [0.15, 0.2) is 11.5 Å². The lowest BCUT2D eigenvalue weighted by Gasteiger charge is -2.43. The van der Waals surface area contributed by atoms with Gasteiger partial charge in [0.05, 0.1) is 24.4 Å². The summed E-state index contributed by atoms with van der Waals surface area (Å²) in [5, 5.41) is 31.9. The summed E-state index contributed by atoms with van der Waals surface area (Å²) in [6.07, 6.45) is 0.856. The molecule has 160 valence electrons. The summed E-state index contributed by atoms with van der Waals surface area (Å²) < 4.78 is 11.0. The van der Waals surface area contributed by atoms with Gasteiger partial charge in [0, 0.05) is 12.3 Å². The molecule has 0 unspecified atom stereocenters. The molecule has 2 saturated carbocycles. The third-order valence-electron chi connectivity index (χ3n) is 7.03. The van der Waals surface area contributed by atoms with Crippen LogP contribution in [0.25, 0.3) is 0 Å². The molecule has 1 aromatic rings. The van der Waals surface area contributed by atoms with Crippen LogP contribution in [0.4, 0.5) is 0 Å². The Bertz CT molecular complexity index is 803. The van der Waals surface area contributed by atoms with E-state index in [0.717, 1.165) is 6.42 Å². The fourth-order valence-corrected chi connectivity index (χ4v) is 5.27. The Morgan fingerprint density at radius 2 is 2.00 bits per heavy atom. The highest BCUT2D eigenvalue weighted by molar-refractivity contribution is 5.90. The highest BCUT2D eigenvalue weighted by Gasteiger charge is 2.60. The number of carbonyl (C=O) groups is 1. The number of aliphatic hydroxyl groups is 2. The largest absolute Gasteiger partial charge is 0.504 e. The Morgan fingerprint density at radius 3 is 2.62 bits per heavy atom. The van der Waals surface area contributed by atoms with Gasteiger partial charge in [0.25, 0.3) is 0 Å². The van der Waals surface area contributed by atoms with E-state index in [1.165, 1.54) is 25.3 Å². The predicted molar refractivity (Wildman–Crippen MR) is 109 cm³/mol. The van der Waals surface area contributed by atoms with Crippen molar-refractivity contribution in [3.05, 3.63) is 35.9 Å². The van der Waals surface area contributed by atoms with E-state index in [4.69, 9.17) is 9.47 Å². The number of hydrogen-bond acceptors (Lipinski definition) is 6. The molecular formula is C23H32O6. The maximum absolute atomic E-state index is 12.9. The molecule has 0 aliphatic heterocycles. The molecule has 3 N–H and O–H groups in total. The monoisotopic (exact) mass is 404 g/mol. The van der Waals surface area contributed by atoms with Crippen molar-refractivity contribution in [2.75, 3.05) is 7.11 Å². The minimum absolute atomic E-state index is 0.0206. The number of benzene rings is 1. The average molecular weight is 405 g/mol. The van der Waals surface area contributed by atoms with E-state index in [2.05, 4.69) is 13.5 Å². The molecule has 2 aliphatic rings. The number of aliphatic hydroxyl groups excluding tert-OH is 1. The fraction of sp³-hybridized carbons (Fsp3) is 0.609. The summed E-state index contributed by atoms with van der Waals surface area (Å²) in [5.41, 5.74) is -0.484. The zero-order valence-corrected chi connectivity index (χ0v) is 17.6. The Balaban J connectivity index is 1.96. The van der Waals surface area contributed by atoms with Crippen LogP contribution in [0.5, 0.6) is 11.5 Å². The van der Waals surface area contributed by atoms with E-state index in [9.17, 15) is 20.1 Å². The molecule has 0 radical (unpaired) electrons. The third kappa shape index (κ3) is 3.76. The standard InChI is InChI=1S/C23H32O6/c1-13(2)23(27)9-8-22(4)12-17(25)14(3)10-19(20(22)23)29-21(26)15-6-7-16(24)18(11-15)28-5/h6-7,11,13,17,19-20,24-25,27H,3,8-10,12H2,1-2,4-5H3/t17-,19-,20+,22+,23+/m0/s1. The lowest BCUT2D eigenvalue weighted by atomic mass is 9.67. The van der Waals surface area contributed by atoms with E-state index >= 15 is 0 Å². The first-order chi connectivity index (χ1) is 13.5. The van der Waals surface area contributed by atoms with Crippen LogP contribution in [-0.4, -0.2) is 46.2 Å². The summed E-state index contributed by atoms with van der Waals surface area (Å²) in [6.45, 7) is 10.0. The number of esters is 1. The van der Waals surface area contributed by atoms with Gasteiger partial charge in [-0.3, -0.25) is 0 Å². The second kappa shape index (κ2) is 7.65. The van der Waals surface area contributed by atoms with Crippen molar-refractivity contribution in [3.8, 4) is 11.5 Å². The molecule has 0 amide bonds. The molecule has 0 bridgehead atoms. The van der Waals surface area contributed by atoms with Crippen molar-refractivity contribution in [3.63, 3.8) is 0 Å². The molecule has 0 saturated heterocycles. The molecule has 2 aliphatic carbocycles. The zero-order valence-electron chi connectivity index (χ0n) is 17.6. The topological polar surface area (TPSA) is 96.2 Å². The van der Waals surface area contributed by atoms with Gasteiger partial charge in [-0.15, -0.1) is 0 Å². The minimum atomic E-state index is -0.989. The van der Waals surface area contributed by atoms with Crippen LogP contribution in [0.15, 0.2) is 30.4 Å². The molecule has 5 atom stereocenters. The molecule has 6 heteroatoms. The average Bonchev–Trinajstić information content (AvgIpc) is 2.88. The van der Waals surface area contributed by atoms with Gasteiger partial charge >= 0.3 is 5.97 Å². The maximum atomic E-state index is 12.9. The van der Waals surface area contributed by atoms with Gasteiger partial charge in [-0.1, -0.05) is 27.4 Å². The molecule has 3 rings (SSSR count). The lowest BCUT2D eigenvalue weighted by Crippen LogP contribution is -2.50. The zero-order chi connectivity index (χ0) is 21.6. The highest BCUT2D eigenvalue weighted by atomic mass is 16.5. The highest BCUT2D eigenvalue weighted by Crippen LogP contribution is 2.58. The van der Waals surface area contributed by atoms with Gasteiger partial charge in [0.2, 0.25) is 0 Å². The van der Waals surface area contributed by atoms with Crippen LogP contribution in [-0.2, 0) is 4.74 Å². The number of aromatic hydroxyl groups is 1. The molecule has 0 spiro atoms. The molecule has 0 aromatic heterocycles. The number of methoxy groups -OCH3 is 1. The van der Waals surface area contributed by atoms with Crippen molar-refractivity contribution < 1.29 is 29.6 Å². The molecule has 6 nitrogen and oxygen atoms in total. The number of hydrogen-bond donors (Lipinski definition) is 3. The second-order valence-corrected chi connectivity index (χ2v) is 9.19. The molecule has 2 fully saturated rings. The summed E-state index contributed by atoms with van der Waals surface area (Å²) in [6, 6.07) is 4.29. The Labute approximate surface area is 172 Å². The van der Waals surface area contributed by atoms with E-state index in [0.29, 0.717) is 24.8 Å². The number of phenolic OH excluding ortho intramolecular Hbond substituents is 1. The number of carbonyl (C=O) groups excluding carboxylic acids is 1. The Hall–Kier alpha value is -2.05. The first-order valence-corrected chi connectivity index (χ1v) is 10.2. The van der Waals surface area contributed by atoms with Crippen molar-refractivity contribution >= 4 is 5.97 Å². The van der Waals surface area contributed by atoms with Crippen molar-refractivity contribution in [2.45, 2.75) is 64.3 Å². The summed E-state index contributed by atoms with van der Waals surface area (Å²) in [4.78, 5) is 12.9. The van der Waals surface area contributed by atoms with Crippen LogP contribution in [0.2, 0.25) is 0 Å². The molecular weight excluding hydrogens is 372 g/mol. The first-order valence-electron chi connectivity index (χ1n) is 10.2. The quantitative estimate of drug-likeness (QED) is 0.525. The number of phenols is 1. The summed E-state index contributed by atoms with van der Waals surface area (Å²) >= 11 is 0. The van der Waals surface area contributed by atoms with Gasteiger partial charge in [-0.25, -0.2) is 4.79 Å².